The molecule has 54 heteroatoms. The molecule has 7 aromatic carbocycles. The van der Waals surface area contributed by atoms with Crippen LogP contribution in [-0.2, 0) is 104 Å². The number of benzene rings is 7. The van der Waals surface area contributed by atoms with Crippen molar-refractivity contribution in [1.82, 2.24) is 0 Å². The fourth-order valence-corrected chi connectivity index (χ4v) is 12.3. The summed E-state index contributed by atoms with van der Waals surface area (Å²) < 4.78 is 290. The fourth-order valence-electron chi connectivity index (χ4n) is 6.95. The molecule has 0 aromatic heterocycles. The first kappa shape index (κ1) is 107. The second kappa shape index (κ2) is 51.0. The van der Waals surface area contributed by atoms with E-state index in [4.69, 9.17) is 17.2 Å². The van der Waals surface area contributed by atoms with E-state index in [-0.39, 0.29) is 50.4 Å². The van der Waals surface area contributed by atoms with Crippen LogP contribution >= 0.6 is 95.6 Å². The zero-order valence-electron chi connectivity index (χ0n) is 58.5. The van der Waals surface area contributed by atoms with Crippen molar-refractivity contribution in [2.24, 2.45) is 0 Å². The number of hydrogen-bond acceptors (Lipinski definition) is 38. The summed E-state index contributed by atoms with van der Waals surface area (Å²) in [6, 6.07) is 32.4. The van der Waals surface area contributed by atoms with Gasteiger partial charge >= 0.3 is 41.8 Å². The molecule has 0 aliphatic carbocycles. The predicted octanol–water partition coefficient (Wildman–Crippen LogP) is 6.46. The Morgan fingerprint density at radius 1 is 0.282 bits per heavy atom. The van der Waals surface area contributed by atoms with Gasteiger partial charge in [-0.1, -0.05) is 88.0 Å². The number of nitrogens with two attached hydrogens (primary N) is 3. The van der Waals surface area contributed by atoms with Gasteiger partial charge in [0.1, 0.15) is 69.3 Å². The Bertz CT molecular complexity index is 5360. The fraction of sp³-hybridized carbons (Fsp3) is 0.222. The molecule has 0 aliphatic rings. The molecule has 0 unspecified atom stereocenters. The molecule has 7 aromatic rings. The van der Waals surface area contributed by atoms with Gasteiger partial charge in [0.05, 0.1) is 144 Å². The highest BCUT2D eigenvalue weighted by Crippen LogP contribution is 2.25. The van der Waals surface area contributed by atoms with Gasteiger partial charge in [0.2, 0.25) is 0 Å². The van der Waals surface area contributed by atoms with Crippen LogP contribution in [0.5, 0.6) is 0 Å². The van der Waals surface area contributed by atoms with E-state index >= 15 is 0 Å². The van der Waals surface area contributed by atoms with Gasteiger partial charge in [-0.15, -0.1) is 0 Å². The summed E-state index contributed by atoms with van der Waals surface area (Å²) in [5.41, 5.74) is 16.2. The molecule has 0 spiro atoms. The highest BCUT2D eigenvalue weighted by molar-refractivity contribution is 9.11. The molecule has 6 N–H and O–H groups in total. The highest BCUT2D eigenvalue weighted by atomic mass is 79.9. The first-order chi connectivity index (χ1) is 53.8. The SMILES string of the molecule is Nc1cc(F)ccc1C(=O)OCCS(=O)(=O)[O-].Nc1ccc(F)cc1C(=O)OCCS(=O)(=O)[O-].Nc1cccc(F)c1C(=O)OCCS(=O)(=O)[O-].O=C(OCCS(=O)(=O)[O-])c1cc(Br)cc(Br)c1.O=C(OCCS(=O)(=O)[O-])c1ccc(Br)cc1Br.O=C(OCCS(=O)(=O)[O-])c1cccc(Br)c1.O=C(OCCS(=O)(=O)[O-])c1ccccc1Br. The lowest BCUT2D eigenvalue weighted by Gasteiger charge is -2.09. The molecule has 7 rings (SSSR count). The van der Waals surface area contributed by atoms with Crippen LogP contribution in [0.4, 0.5) is 30.2 Å². The van der Waals surface area contributed by atoms with E-state index < -0.39 is 222 Å². The quantitative estimate of drug-likeness (QED) is 0.0205. The zero-order chi connectivity index (χ0) is 89.6. The molecule has 0 amide bonds. The minimum absolute atomic E-state index is 0.00128. The number of rotatable bonds is 28. The molecular weight excluding hydrogens is 2120 g/mol. The number of carbonyl (C=O) groups excluding carboxylic acids is 7. The van der Waals surface area contributed by atoms with Crippen LogP contribution in [0, 0.1) is 17.5 Å². The summed E-state index contributed by atoms with van der Waals surface area (Å²) >= 11 is 19.1. The molecule has 0 atom stereocenters. The van der Waals surface area contributed by atoms with Crippen LogP contribution in [0.15, 0.2) is 166 Å². The Hall–Kier alpha value is -7.73. The normalized spacial score (nSPS) is 11.2. The van der Waals surface area contributed by atoms with E-state index in [1.165, 1.54) is 54.6 Å². The summed E-state index contributed by atoms with van der Waals surface area (Å²) in [4.78, 5) is 79.7. The summed E-state index contributed by atoms with van der Waals surface area (Å²) in [7, 11) is -30.8. The van der Waals surface area contributed by atoms with Gasteiger partial charge < -0.3 is 82.2 Å². The van der Waals surface area contributed by atoms with Crippen LogP contribution < -0.4 is 17.2 Å². The maximum absolute atomic E-state index is 13.2. The maximum Gasteiger partial charge on any atom is 0.343 e. The Morgan fingerprint density at radius 3 is 1.01 bits per heavy atom. The van der Waals surface area contributed by atoms with Gasteiger partial charge in [0.25, 0.3) is 0 Å². The van der Waals surface area contributed by atoms with Gasteiger partial charge in [-0.2, -0.15) is 0 Å². The predicted molar refractivity (Wildman–Crippen MR) is 418 cm³/mol. The first-order valence-electron chi connectivity index (χ1n) is 30.6. The average Bonchev–Trinajstić information content (AvgIpc) is 0.847. The lowest BCUT2D eigenvalue weighted by atomic mass is 10.2. The van der Waals surface area contributed by atoms with Crippen molar-refractivity contribution in [2.75, 3.05) is 104 Å². The van der Waals surface area contributed by atoms with Crippen molar-refractivity contribution < 1.29 is 171 Å². The van der Waals surface area contributed by atoms with E-state index in [1.807, 2.05) is 0 Å². The largest absolute Gasteiger partial charge is 0.748 e. The molecule has 0 saturated carbocycles. The van der Waals surface area contributed by atoms with Crippen molar-refractivity contribution in [1.29, 1.82) is 0 Å². The third-order valence-corrected chi connectivity index (χ3v) is 20.0. The molecule has 0 fully saturated rings. The van der Waals surface area contributed by atoms with Crippen molar-refractivity contribution in [3.8, 4) is 0 Å². The Labute approximate surface area is 716 Å². The van der Waals surface area contributed by atoms with Gasteiger partial charge in [0, 0.05) is 43.9 Å². The van der Waals surface area contributed by atoms with E-state index in [0.717, 1.165) is 40.9 Å². The van der Waals surface area contributed by atoms with E-state index in [0.29, 0.717) is 22.4 Å². The molecule has 646 valence electrons. The van der Waals surface area contributed by atoms with Crippen LogP contribution in [0.1, 0.15) is 72.5 Å². The van der Waals surface area contributed by atoms with Crippen LogP contribution in [0.2, 0.25) is 0 Å². The minimum Gasteiger partial charge on any atom is -0.748 e. The lowest BCUT2D eigenvalue weighted by molar-refractivity contribution is 0.0514. The molecule has 0 radical (unpaired) electrons. The van der Waals surface area contributed by atoms with Gasteiger partial charge in [-0.05, 0) is 147 Å². The van der Waals surface area contributed by atoms with Gasteiger partial charge in [-0.3, -0.25) is 0 Å². The molecule has 0 aliphatic heterocycles. The number of halogens is 9. The number of nitrogen functional groups attached to an aromatic ring is 3. The highest BCUT2D eigenvalue weighted by Gasteiger charge is 2.20. The summed E-state index contributed by atoms with van der Waals surface area (Å²) in [6.07, 6.45) is 0. The zero-order valence-corrected chi connectivity index (χ0v) is 73.7. The molecule has 0 heterocycles. The van der Waals surface area contributed by atoms with Crippen LogP contribution in [-0.4, -0.2) is 219 Å². The Kier molecular flexibility index (Phi) is 46.8. The summed E-state index contributed by atoms with van der Waals surface area (Å²) in [5, 5.41) is 0. The number of hydrogen-bond donors (Lipinski definition) is 3. The molecule has 0 saturated heterocycles. The second-order valence-corrected chi connectivity index (χ2v) is 37.3. The maximum atomic E-state index is 13.2. The Morgan fingerprint density at radius 2 is 0.615 bits per heavy atom. The van der Waals surface area contributed by atoms with Crippen molar-refractivity contribution in [3.05, 3.63) is 223 Å². The van der Waals surface area contributed by atoms with Crippen molar-refractivity contribution >= 4 is 225 Å². The van der Waals surface area contributed by atoms with Gasteiger partial charge in [-0.25, -0.2) is 106 Å². The number of esters is 7. The number of carbonyl (C=O) groups is 7. The lowest BCUT2D eigenvalue weighted by Crippen LogP contribution is -2.16. The van der Waals surface area contributed by atoms with Crippen molar-refractivity contribution in [3.63, 3.8) is 0 Å². The van der Waals surface area contributed by atoms with E-state index in [1.54, 1.807) is 48.5 Å². The number of ether oxygens (including phenoxy) is 7. The molecule has 38 nitrogen and oxygen atoms in total. The third-order valence-electron chi connectivity index (χ3n) is 12.1. The average molecular weight is 2180 g/mol. The van der Waals surface area contributed by atoms with Crippen LogP contribution in [0.3, 0.4) is 0 Å². The molecular formula is C63H57Br6F3N3O35S7-7. The topological polar surface area (TPSA) is 663 Å². The monoisotopic (exact) mass is 2170 g/mol. The second-order valence-electron chi connectivity index (χ2n) is 21.2. The summed E-state index contributed by atoms with van der Waals surface area (Å²) in [6.45, 7) is -3.58. The van der Waals surface area contributed by atoms with E-state index in [2.05, 4.69) is 129 Å². The van der Waals surface area contributed by atoms with Crippen molar-refractivity contribution in [2.45, 2.75) is 0 Å². The summed E-state index contributed by atoms with van der Waals surface area (Å²) in [5.74, 6) is -13.3. The Balaban J connectivity index is 0.000000683. The van der Waals surface area contributed by atoms with E-state index in [9.17, 15) is 138 Å². The van der Waals surface area contributed by atoms with Crippen LogP contribution in [0.25, 0.3) is 0 Å². The molecule has 117 heavy (non-hydrogen) atoms. The molecule has 0 bridgehead atoms. The standard InChI is InChI=1S/2C9H8Br2O5S.2C9H9BrO5S.3C9H10FNO5S/c10-7-3-6(4-8(11)5-7)9(12)16-1-2-17(13,14)15;10-6-1-2-7(8(11)5-6)9(12)16-3-4-17(13,14)15;10-8-3-1-2-7(6-8)9(11)15-4-5-16(12,13)14;10-8-4-2-1-3-7(8)9(11)15-5-6-16(12,13)14;10-6-1-2-8(11)7(5-6)9(12)16-3-4-17(13,14)15;10-6-1-2-7(8(11)5-6)9(12)16-3-4-17(13,14)15;10-6-2-1-3-7(11)8(6)9(12)16-4-5-17(13,14)15/h3-5H,1-2H2,(H,13,14,15);1-2,5H,3-4H2,(H,13,14,15);1-3,6H,4-5H2,(H,12,13,14);1-4H,5-6H2,(H,12,13,14);2*1-2,5H,3-4,11H2,(H,13,14,15);1-3H,4-5,11H2,(H,13,14,15)/p-7. The number of anilines is 3. The van der Waals surface area contributed by atoms with Gasteiger partial charge in [0.15, 0.2) is 0 Å². The smallest absolute Gasteiger partial charge is 0.343 e. The third kappa shape index (κ3) is 50.7. The minimum atomic E-state index is -4.47. The first-order valence-corrected chi connectivity index (χ1v) is 46.4.